The van der Waals surface area contributed by atoms with E-state index in [9.17, 15) is 0 Å². The van der Waals surface area contributed by atoms with Gasteiger partial charge >= 0.3 is 0 Å². The predicted molar refractivity (Wildman–Crippen MR) is 294 cm³/mol. The van der Waals surface area contributed by atoms with Crippen LogP contribution in [-0.2, 0) is 0 Å². The Labute approximate surface area is 396 Å². The third kappa shape index (κ3) is 6.60. The molecule has 0 aliphatic carbocycles. The average molecular weight is 863 g/mol. The largest absolute Gasteiger partial charge is 0.0622 e. The summed E-state index contributed by atoms with van der Waals surface area (Å²) in [5.74, 6) is 0. The molecule has 68 heavy (non-hydrogen) atoms. The Kier molecular flexibility index (Phi) is 9.41. The monoisotopic (exact) mass is 862 g/mol. The van der Waals surface area contributed by atoms with Gasteiger partial charge in [-0.05, 0) is 145 Å². The second-order valence-corrected chi connectivity index (χ2v) is 18.5. The fourth-order valence-corrected chi connectivity index (χ4v) is 11.1. The number of fused-ring (bicyclic) bond motifs is 1. The lowest BCUT2D eigenvalue weighted by Crippen LogP contribution is -1.92. The minimum Gasteiger partial charge on any atom is -0.0622 e. The molecule has 0 saturated carbocycles. The highest BCUT2D eigenvalue weighted by Crippen LogP contribution is 2.45. The van der Waals surface area contributed by atoms with Crippen LogP contribution in [0.5, 0.6) is 0 Å². The molecule has 0 heteroatoms. The van der Waals surface area contributed by atoms with E-state index in [2.05, 4.69) is 257 Å². The minimum absolute atomic E-state index is 1.25. The van der Waals surface area contributed by atoms with Crippen molar-refractivity contribution in [2.24, 2.45) is 0 Å². The van der Waals surface area contributed by atoms with Gasteiger partial charge in [0, 0.05) is 0 Å². The predicted octanol–water partition coefficient (Wildman–Crippen LogP) is 19.3. The molecule has 0 nitrogen and oxygen atoms in total. The molecule has 0 fully saturated rings. The van der Waals surface area contributed by atoms with E-state index < -0.39 is 0 Å². The summed E-state index contributed by atoms with van der Waals surface area (Å²) in [6.45, 7) is 4.32. The van der Waals surface area contributed by atoms with Crippen LogP contribution in [0.4, 0.5) is 0 Å². The van der Waals surface area contributed by atoms with Gasteiger partial charge in [0.05, 0.1) is 0 Å². The summed E-state index contributed by atoms with van der Waals surface area (Å²) in [7, 11) is 0. The van der Waals surface area contributed by atoms with Gasteiger partial charge in [-0.1, -0.05) is 254 Å². The molecule has 0 unspecified atom stereocenters. The standard InChI is InChI=1S/C39H26.C29H20/c1-25-14-19-34(37(24-25)27-8-3-2-4-9-27)33-21-16-29-17-22-35-32(20-15-28-18-23-36(33)39(29)38(28)35)31-13-7-11-26-10-5-6-12-30(26)31;1-19-4-2-7-25(18-19)20-8-10-21(11-9-20)26-16-14-24-13-12-22-5-3-6-23-15-17-27(26)29(24)28(22)23/h2-24H,1H3;2-18H,1H3. The molecule has 0 spiro atoms. The molecule has 0 aromatic heterocycles. The van der Waals surface area contributed by atoms with Gasteiger partial charge in [0.25, 0.3) is 0 Å². The molecule has 0 aliphatic heterocycles. The van der Waals surface area contributed by atoms with Crippen LogP contribution in [0, 0.1) is 13.8 Å². The summed E-state index contributed by atoms with van der Waals surface area (Å²) in [4.78, 5) is 0. The number of rotatable bonds is 5. The lowest BCUT2D eigenvalue weighted by atomic mass is 9.85. The lowest BCUT2D eigenvalue weighted by Gasteiger charge is -2.18. The van der Waals surface area contributed by atoms with E-state index in [4.69, 9.17) is 0 Å². The van der Waals surface area contributed by atoms with Crippen molar-refractivity contribution in [3.63, 3.8) is 0 Å². The average Bonchev–Trinajstić information content (AvgIpc) is 3.40. The smallest absolute Gasteiger partial charge is 0.00203 e. The summed E-state index contributed by atoms with van der Waals surface area (Å²) in [5.41, 5.74) is 15.3. The number of hydrogen-bond donors (Lipinski definition) is 0. The van der Waals surface area contributed by atoms with Gasteiger partial charge in [-0.15, -0.1) is 0 Å². The molecule has 0 N–H and O–H groups in total. The molecule has 0 radical (unpaired) electrons. The first-order valence-corrected chi connectivity index (χ1v) is 23.7. The fourth-order valence-electron chi connectivity index (χ4n) is 11.1. The molecule has 0 aliphatic rings. The van der Waals surface area contributed by atoms with Crippen LogP contribution in [0.1, 0.15) is 11.1 Å². The zero-order valence-corrected chi connectivity index (χ0v) is 38.1. The van der Waals surface area contributed by atoms with Crippen molar-refractivity contribution >= 4 is 75.4 Å². The number of hydrogen-bond acceptors (Lipinski definition) is 0. The highest BCUT2D eigenvalue weighted by molar-refractivity contribution is 6.29. The van der Waals surface area contributed by atoms with E-state index in [1.54, 1.807) is 0 Å². The third-order valence-electron chi connectivity index (χ3n) is 14.4. The second kappa shape index (κ2) is 16.1. The Balaban J connectivity index is 0.000000140. The van der Waals surface area contributed by atoms with E-state index in [0.717, 1.165) is 0 Å². The van der Waals surface area contributed by atoms with Crippen molar-refractivity contribution in [3.05, 3.63) is 254 Å². The van der Waals surface area contributed by atoms with E-state index >= 15 is 0 Å². The zero-order valence-electron chi connectivity index (χ0n) is 38.1. The second-order valence-electron chi connectivity index (χ2n) is 18.5. The highest BCUT2D eigenvalue weighted by atomic mass is 14.2. The molecular formula is C68H46. The van der Waals surface area contributed by atoms with Crippen LogP contribution in [0.3, 0.4) is 0 Å². The number of benzene rings is 14. The Morgan fingerprint density at radius 1 is 0.191 bits per heavy atom. The van der Waals surface area contributed by atoms with Crippen molar-refractivity contribution < 1.29 is 0 Å². The van der Waals surface area contributed by atoms with Gasteiger partial charge in [-0.2, -0.15) is 0 Å². The summed E-state index contributed by atoms with van der Waals surface area (Å²) >= 11 is 0. The first-order chi connectivity index (χ1) is 33.5. The fraction of sp³-hybridized carbons (Fsp3) is 0.0294. The maximum Gasteiger partial charge on any atom is -0.00203 e. The summed E-state index contributed by atoms with van der Waals surface area (Å²) < 4.78 is 0. The zero-order chi connectivity index (χ0) is 45.3. The van der Waals surface area contributed by atoms with Crippen LogP contribution in [0.25, 0.3) is 131 Å². The molecule has 0 bridgehead atoms. The first-order valence-electron chi connectivity index (χ1n) is 23.7. The molecule has 0 saturated heterocycles. The van der Waals surface area contributed by atoms with E-state index in [-0.39, 0.29) is 0 Å². The van der Waals surface area contributed by atoms with E-state index in [0.29, 0.717) is 0 Å². The first kappa shape index (κ1) is 39.8. The van der Waals surface area contributed by atoms with Gasteiger partial charge in [0.1, 0.15) is 0 Å². The van der Waals surface area contributed by atoms with Crippen LogP contribution >= 0.6 is 0 Å². The topological polar surface area (TPSA) is 0 Å². The normalized spacial score (nSPS) is 11.7. The van der Waals surface area contributed by atoms with Gasteiger partial charge in [0.2, 0.25) is 0 Å². The number of aryl methyl sites for hydroxylation is 2. The van der Waals surface area contributed by atoms with Crippen molar-refractivity contribution in [1.82, 2.24) is 0 Å². The van der Waals surface area contributed by atoms with Crippen LogP contribution in [-0.4, -0.2) is 0 Å². The summed E-state index contributed by atoms with van der Waals surface area (Å²) in [6, 6.07) is 89.2. The van der Waals surface area contributed by atoms with Crippen LogP contribution in [0.15, 0.2) is 243 Å². The maximum atomic E-state index is 2.33. The molecule has 0 atom stereocenters. The molecule has 14 aromatic rings. The van der Waals surface area contributed by atoms with E-state index in [1.807, 2.05) is 0 Å². The Bertz CT molecular complexity index is 4170. The van der Waals surface area contributed by atoms with E-state index in [1.165, 1.54) is 142 Å². The molecular weight excluding hydrogens is 817 g/mol. The van der Waals surface area contributed by atoms with Crippen LogP contribution < -0.4 is 0 Å². The molecule has 14 aromatic carbocycles. The van der Waals surface area contributed by atoms with Gasteiger partial charge < -0.3 is 0 Å². The molecule has 14 rings (SSSR count). The van der Waals surface area contributed by atoms with Crippen molar-refractivity contribution in [2.45, 2.75) is 13.8 Å². The molecule has 0 heterocycles. The van der Waals surface area contributed by atoms with Gasteiger partial charge in [-0.25, -0.2) is 0 Å². The molecule has 318 valence electrons. The minimum atomic E-state index is 1.25. The maximum absolute atomic E-state index is 2.33. The summed E-state index contributed by atoms with van der Waals surface area (Å²) in [5, 5.41) is 18.5. The SMILES string of the molecule is Cc1ccc(-c2ccc3ccc4c(-c5cccc6ccccc56)ccc5ccc2c3c54)c(-c2ccccc2)c1.Cc1cccc(-c2ccc(-c3ccc4ccc5cccc6ccc3c4c56)cc2)c1. The molecule has 0 amide bonds. The summed E-state index contributed by atoms with van der Waals surface area (Å²) in [6.07, 6.45) is 0. The van der Waals surface area contributed by atoms with Gasteiger partial charge in [-0.3, -0.25) is 0 Å². The third-order valence-corrected chi connectivity index (χ3v) is 14.4. The Morgan fingerprint density at radius 2 is 0.618 bits per heavy atom. The van der Waals surface area contributed by atoms with Crippen molar-refractivity contribution in [2.75, 3.05) is 0 Å². The van der Waals surface area contributed by atoms with Crippen LogP contribution in [0.2, 0.25) is 0 Å². The van der Waals surface area contributed by atoms with Crippen molar-refractivity contribution in [1.29, 1.82) is 0 Å². The highest BCUT2D eigenvalue weighted by Gasteiger charge is 2.18. The quantitative estimate of drug-likeness (QED) is 0.151. The lowest BCUT2D eigenvalue weighted by molar-refractivity contribution is 1.46. The van der Waals surface area contributed by atoms with Gasteiger partial charge in [0.15, 0.2) is 0 Å². The Hall–Kier alpha value is -8.58. The van der Waals surface area contributed by atoms with Crippen molar-refractivity contribution in [3.8, 4) is 55.6 Å². The Morgan fingerprint density at radius 3 is 1.31 bits per heavy atom.